The molecule has 5 rings (SSSR count). The second-order valence-corrected chi connectivity index (χ2v) is 9.20. The molecule has 3 aromatic rings. The van der Waals surface area contributed by atoms with E-state index in [1.54, 1.807) is 6.20 Å². The Morgan fingerprint density at radius 1 is 1.19 bits per heavy atom. The van der Waals surface area contributed by atoms with Gasteiger partial charge < -0.3 is 24.0 Å². The van der Waals surface area contributed by atoms with Crippen molar-refractivity contribution in [2.24, 2.45) is 13.0 Å². The van der Waals surface area contributed by atoms with E-state index in [9.17, 15) is 18.0 Å². The van der Waals surface area contributed by atoms with Crippen LogP contribution in [0.15, 0.2) is 54.9 Å². The number of hydrogen-bond donors (Lipinski definition) is 1. The lowest BCUT2D eigenvalue weighted by Crippen LogP contribution is -2.66. The zero-order valence-electron chi connectivity index (χ0n) is 20.3. The van der Waals surface area contributed by atoms with Gasteiger partial charge in [0.05, 0.1) is 31.0 Å². The van der Waals surface area contributed by atoms with Crippen molar-refractivity contribution in [3.63, 3.8) is 0 Å². The fraction of sp³-hybridized carbons (Fsp3) is 0.423. The van der Waals surface area contributed by atoms with E-state index in [0.717, 1.165) is 41.6 Å². The summed E-state index contributed by atoms with van der Waals surface area (Å²) < 4.78 is 45.7. The average molecular weight is 520 g/mol. The molecule has 1 spiro atoms. The summed E-state index contributed by atoms with van der Waals surface area (Å²) in [6.45, 7) is 3.32. The molecular weight excluding hydrogens is 491 g/mol. The molecule has 37 heavy (non-hydrogen) atoms. The predicted molar refractivity (Wildman–Crippen MR) is 128 cm³/mol. The van der Waals surface area contributed by atoms with Gasteiger partial charge >= 0.3 is 12.1 Å². The monoisotopic (exact) mass is 519 g/mol. The van der Waals surface area contributed by atoms with Crippen molar-refractivity contribution in [2.75, 3.05) is 26.3 Å². The van der Waals surface area contributed by atoms with Crippen LogP contribution in [-0.4, -0.2) is 69.5 Å². The topological polar surface area (TPSA) is 93.9 Å². The van der Waals surface area contributed by atoms with Gasteiger partial charge in [0.25, 0.3) is 5.91 Å². The smallest absolute Gasteiger partial charge is 0.475 e. The lowest BCUT2D eigenvalue weighted by molar-refractivity contribution is -0.192. The quantitative estimate of drug-likeness (QED) is 0.494. The summed E-state index contributed by atoms with van der Waals surface area (Å²) in [7, 11) is 1.98. The standard InChI is InChI=1S/C24H27N3O3.C2HF3O2/c1-26-14-21(20-7-2-3-8-22(20)26)23(28)27-16-24(17-27)18(10-13-30-24)9-12-29-15-19-6-4-5-11-25-19;3-2(4,5)1(6)7/h2-8,11,14,18H,9-10,12-13,15-17H2,1H3;(H,6,7). The van der Waals surface area contributed by atoms with Gasteiger partial charge in [-0.3, -0.25) is 9.78 Å². The molecule has 1 N–H and O–H groups in total. The van der Waals surface area contributed by atoms with Gasteiger partial charge in [-0.1, -0.05) is 24.3 Å². The Morgan fingerprint density at radius 3 is 2.57 bits per heavy atom. The summed E-state index contributed by atoms with van der Waals surface area (Å²) >= 11 is 0. The number of fused-ring (bicyclic) bond motifs is 1. The number of carboxylic acids is 1. The van der Waals surface area contributed by atoms with Crippen molar-refractivity contribution >= 4 is 22.8 Å². The van der Waals surface area contributed by atoms with Gasteiger partial charge in [0, 0.05) is 43.6 Å². The van der Waals surface area contributed by atoms with Crippen LogP contribution in [0.2, 0.25) is 0 Å². The molecule has 4 heterocycles. The van der Waals surface area contributed by atoms with E-state index in [4.69, 9.17) is 19.4 Å². The maximum atomic E-state index is 13.1. The molecule has 2 aliphatic rings. The molecule has 1 unspecified atom stereocenters. The number of benzene rings is 1. The number of ether oxygens (including phenoxy) is 2. The van der Waals surface area contributed by atoms with Crippen LogP contribution in [0.3, 0.4) is 0 Å². The zero-order valence-corrected chi connectivity index (χ0v) is 20.3. The Labute approximate surface area is 211 Å². The number of amides is 1. The number of likely N-dealkylation sites (tertiary alicyclic amines) is 1. The highest BCUT2D eigenvalue weighted by Crippen LogP contribution is 2.42. The molecule has 0 saturated carbocycles. The second kappa shape index (κ2) is 10.9. The van der Waals surface area contributed by atoms with Crippen molar-refractivity contribution < 1.29 is 37.3 Å². The highest BCUT2D eigenvalue weighted by molar-refractivity contribution is 6.07. The van der Waals surface area contributed by atoms with Crippen molar-refractivity contribution in [3.05, 3.63) is 66.1 Å². The van der Waals surface area contributed by atoms with Gasteiger partial charge in [-0.15, -0.1) is 0 Å². The van der Waals surface area contributed by atoms with E-state index < -0.39 is 12.1 Å². The summed E-state index contributed by atoms with van der Waals surface area (Å²) in [5.74, 6) is -2.23. The van der Waals surface area contributed by atoms with Crippen molar-refractivity contribution in [3.8, 4) is 0 Å². The Kier molecular flexibility index (Phi) is 7.84. The highest BCUT2D eigenvalue weighted by Gasteiger charge is 2.54. The number of aliphatic carboxylic acids is 1. The molecule has 2 fully saturated rings. The number of carbonyl (C=O) groups is 2. The lowest BCUT2D eigenvalue weighted by Gasteiger charge is -2.50. The third kappa shape index (κ3) is 5.94. The molecule has 2 aliphatic heterocycles. The number of para-hydroxylation sites is 1. The minimum atomic E-state index is -5.08. The summed E-state index contributed by atoms with van der Waals surface area (Å²) in [4.78, 5) is 28.3. The number of aryl methyl sites for hydroxylation is 1. The van der Waals surface area contributed by atoms with E-state index in [1.807, 2.05) is 65.2 Å². The van der Waals surface area contributed by atoms with Crippen LogP contribution < -0.4 is 0 Å². The highest BCUT2D eigenvalue weighted by atomic mass is 19.4. The van der Waals surface area contributed by atoms with E-state index in [1.165, 1.54) is 0 Å². The van der Waals surface area contributed by atoms with E-state index in [0.29, 0.717) is 32.2 Å². The molecule has 2 saturated heterocycles. The minimum absolute atomic E-state index is 0.0954. The second-order valence-electron chi connectivity index (χ2n) is 9.20. The number of rotatable bonds is 6. The van der Waals surface area contributed by atoms with E-state index in [-0.39, 0.29) is 11.5 Å². The van der Waals surface area contributed by atoms with Crippen molar-refractivity contribution in [2.45, 2.75) is 31.2 Å². The third-order valence-corrected chi connectivity index (χ3v) is 6.76. The molecular formula is C26H28F3N3O5. The van der Waals surface area contributed by atoms with Crippen LogP contribution in [0.25, 0.3) is 10.9 Å². The van der Waals surface area contributed by atoms with Gasteiger partial charge in [0.2, 0.25) is 0 Å². The van der Waals surface area contributed by atoms with Gasteiger partial charge in [-0.25, -0.2) is 4.79 Å². The summed E-state index contributed by atoms with van der Waals surface area (Å²) in [5.41, 5.74) is 2.60. The number of halogens is 3. The van der Waals surface area contributed by atoms with Gasteiger partial charge in [0.1, 0.15) is 5.60 Å². The number of aromatic nitrogens is 2. The summed E-state index contributed by atoms with van der Waals surface area (Å²) in [5, 5.41) is 8.14. The Morgan fingerprint density at radius 2 is 1.89 bits per heavy atom. The number of carbonyl (C=O) groups excluding carboxylic acids is 1. The number of nitrogens with zero attached hydrogens (tertiary/aromatic N) is 3. The van der Waals surface area contributed by atoms with Crippen LogP contribution in [0.5, 0.6) is 0 Å². The first-order valence-corrected chi connectivity index (χ1v) is 11.9. The molecule has 0 aliphatic carbocycles. The minimum Gasteiger partial charge on any atom is -0.475 e. The zero-order chi connectivity index (χ0) is 26.6. The van der Waals surface area contributed by atoms with Gasteiger partial charge in [0.15, 0.2) is 0 Å². The maximum Gasteiger partial charge on any atom is 0.490 e. The van der Waals surface area contributed by atoms with Gasteiger partial charge in [-0.05, 0) is 37.0 Å². The molecule has 1 aromatic carbocycles. The van der Waals surface area contributed by atoms with Crippen LogP contribution in [0.4, 0.5) is 13.2 Å². The van der Waals surface area contributed by atoms with Crippen molar-refractivity contribution in [1.82, 2.24) is 14.5 Å². The van der Waals surface area contributed by atoms with E-state index >= 15 is 0 Å². The molecule has 8 nitrogen and oxygen atoms in total. The number of carboxylic acid groups (broad SMARTS) is 1. The molecule has 0 bridgehead atoms. The third-order valence-electron chi connectivity index (χ3n) is 6.76. The van der Waals surface area contributed by atoms with Crippen LogP contribution in [-0.2, 0) is 27.9 Å². The molecule has 0 radical (unpaired) electrons. The fourth-order valence-corrected chi connectivity index (χ4v) is 4.85. The van der Waals surface area contributed by atoms with Gasteiger partial charge in [-0.2, -0.15) is 13.2 Å². The summed E-state index contributed by atoms with van der Waals surface area (Å²) in [6, 6.07) is 13.9. The first-order valence-electron chi connectivity index (χ1n) is 11.9. The molecule has 198 valence electrons. The fourth-order valence-electron chi connectivity index (χ4n) is 4.85. The van der Waals surface area contributed by atoms with Crippen LogP contribution >= 0.6 is 0 Å². The SMILES string of the molecule is Cn1cc(C(=O)N2CC3(C2)OCCC3CCOCc2ccccn2)c2ccccc21.O=C(O)C(F)(F)F. The molecule has 2 aromatic heterocycles. The average Bonchev–Trinajstić information content (AvgIpc) is 3.42. The Hall–Kier alpha value is -3.44. The summed E-state index contributed by atoms with van der Waals surface area (Å²) in [6.07, 6.45) is 0.622. The molecule has 1 amide bonds. The largest absolute Gasteiger partial charge is 0.490 e. The first-order chi connectivity index (χ1) is 17.6. The Bertz CT molecular complexity index is 1240. The van der Waals surface area contributed by atoms with Crippen molar-refractivity contribution in [1.29, 1.82) is 0 Å². The number of hydrogen-bond acceptors (Lipinski definition) is 5. The number of pyridine rings is 1. The first kappa shape index (κ1) is 26.6. The van der Waals surface area contributed by atoms with E-state index in [2.05, 4.69) is 4.98 Å². The number of alkyl halides is 3. The molecule has 1 atom stereocenters. The Balaban J connectivity index is 0.000000405. The maximum absolute atomic E-state index is 13.1. The van der Waals surface area contributed by atoms with Crippen LogP contribution in [0.1, 0.15) is 28.9 Å². The van der Waals surface area contributed by atoms with Crippen LogP contribution in [0, 0.1) is 5.92 Å². The molecule has 11 heteroatoms. The normalized spacial score (nSPS) is 18.4. The lowest BCUT2D eigenvalue weighted by atomic mass is 9.79. The predicted octanol–water partition coefficient (Wildman–Crippen LogP) is 4.04.